The average Bonchev–Trinajstić information content (AvgIpc) is 2.62. The number of carbonyl (C=O) groups is 2. The number of fused-ring (bicyclic) bond motifs is 1. The van der Waals surface area contributed by atoms with E-state index in [0.29, 0.717) is 23.5 Å². The molecule has 3 N–H and O–H groups in total. The van der Waals surface area contributed by atoms with Crippen LogP contribution in [0.4, 0.5) is 21.0 Å². The normalized spacial score (nSPS) is 17.0. The minimum Gasteiger partial charge on any atom is -0.487 e. The molecule has 31 heavy (non-hydrogen) atoms. The molecule has 0 unspecified atom stereocenters. The van der Waals surface area contributed by atoms with Crippen LogP contribution in [0.25, 0.3) is 0 Å². The molecule has 0 spiro atoms. The van der Waals surface area contributed by atoms with E-state index in [1.807, 2.05) is 38.1 Å². The van der Waals surface area contributed by atoms with Gasteiger partial charge in [-0.05, 0) is 77.1 Å². The van der Waals surface area contributed by atoms with Crippen LogP contribution in [0.2, 0.25) is 0 Å². The van der Waals surface area contributed by atoms with Gasteiger partial charge in [0.25, 0.3) is 0 Å². The molecule has 0 radical (unpaired) electrons. The SMILES string of the molecule is CC(C)(C)OC(=O)Nc1ccc2c(c1)[C@@H](NC(=O)Nc1ccc(Br)cc1)CC(C)(C)O2. The standard InChI is InChI=1S/C23H28BrN3O4/c1-22(2,3)31-21(29)26-16-10-11-19-17(12-16)18(13-23(4,5)30-19)27-20(28)25-15-8-6-14(24)7-9-15/h6-12,18H,13H2,1-5H3,(H,26,29)(H2,25,27,28)/t18-/m0/s1. The number of hydrogen-bond acceptors (Lipinski definition) is 4. The molecule has 0 fully saturated rings. The molecule has 7 nitrogen and oxygen atoms in total. The summed E-state index contributed by atoms with van der Waals surface area (Å²) < 4.78 is 12.3. The number of urea groups is 1. The molecule has 166 valence electrons. The average molecular weight is 490 g/mol. The Balaban J connectivity index is 1.77. The molecule has 2 aromatic carbocycles. The zero-order valence-electron chi connectivity index (χ0n) is 18.3. The van der Waals surface area contributed by atoms with E-state index in [4.69, 9.17) is 9.47 Å². The molecular formula is C23H28BrN3O4. The maximum Gasteiger partial charge on any atom is 0.412 e. The van der Waals surface area contributed by atoms with Crippen molar-refractivity contribution in [2.24, 2.45) is 0 Å². The van der Waals surface area contributed by atoms with Gasteiger partial charge < -0.3 is 20.1 Å². The second-order valence-electron chi connectivity index (χ2n) is 9.10. The summed E-state index contributed by atoms with van der Waals surface area (Å²) in [6.45, 7) is 9.37. The summed E-state index contributed by atoms with van der Waals surface area (Å²) in [5.74, 6) is 0.667. The summed E-state index contributed by atoms with van der Waals surface area (Å²) in [6.07, 6.45) is 0.0332. The fourth-order valence-corrected chi connectivity index (χ4v) is 3.61. The maximum absolute atomic E-state index is 12.6. The van der Waals surface area contributed by atoms with Crippen molar-refractivity contribution in [2.45, 2.75) is 58.3 Å². The van der Waals surface area contributed by atoms with Crippen molar-refractivity contribution < 1.29 is 19.1 Å². The summed E-state index contributed by atoms with van der Waals surface area (Å²) in [4.78, 5) is 24.8. The Morgan fingerprint density at radius 1 is 1.06 bits per heavy atom. The van der Waals surface area contributed by atoms with E-state index in [-0.39, 0.29) is 12.1 Å². The van der Waals surface area contributed by atoms with E-state index in [0.717, 1.165) is 10.0 Å². The van der Waals surface area contributed by atoms with Gasteiger partial charge in [0.1, 0.15) is 17.0 Å². The highest BCUT2D eigenvalue weighted by molar-refractivity contribution is 9.10. The molecule has 2 aromatic rings. The van der Waals surface area contributed by atoms with Gasteiger partial charge >= 0.3 is 12.1 Å². The van der Waals surface area contributed by atoms with Gasteiger partial charge in [0.15, 0.2) is 0 Å². The van der Waals surface area contributed by atoms with Crippen molar-refractivity contribution in [3.8, 4) is 5.75 Å². The number of amides is 3. The smallest absolute Gasteiger partial charge is 0.412 e. The Kier molecular flexibility index (Phi) is 6.50. The van der Waals surface area contributed by atoms with Crippen LogP contribution in [0.15, 0.2) is 46.9 Å². The van der Waals surface area contributed by atoms with E-state index >= 15 is 0 Å². The highest BCUT2D eigenvalue weighted by Gasteiger charge is 2.35. The number of halogens is 1. The van der Waals surface area contributed by atoms with Gasteiger partial charge in [-0.15, -0.1) is 0 Å². The number of ether oxygens (including phenoxy) is 2. The predicted molar refractivity (Wildman–Crippen MR) is 125 cm³/mol. The van der Waals surface area contributed by atoms with Crippen molar-refractivity contribution in [3.05, 3.63) is 52.5 Å². The van der Waals surface area contributed by atoms with E-state index in [1.165, 1.54) is 0 Å². The summed E-state index contributed by atoms with van der Waals surface area (Å²) >= 11 is 3.38. The Hall–Kier alpha value is -2.74. The minimum atomic E-state index is -0.597. The van der Waals surface area contributed by atoms with Crippen molar-refractivity contribution in [1.82, 2.24) is 5.32 Å². The lowest BCUT2D eigenvalue weighted by Gasteiger charge is -2.38. The third kappa shape index (κ3) is 6.62. The molecule has 1 atom stereocenters. The lowest BCUT2D eigenvalue weighted by molar-refractivity contribution is 0.0631. The molecule has 8 heteroatoms. The van der Waals surface area contributed by atoms with Crippen LogP contribution in [0.3, 0.4) is 0 Å². The largest absolute Gasteiger partial charge is 0.487 e. The van der Waals surface area contributed by atoms with Crippen LogP contribution in [-0.4, -0.2) is 23.3 Å². The van der Waals surface area contributed by atoms with Crippen LogP contribution in [0.5, 0.6) is 5.75 Å². The third-order valence-electron chi connectivity index (χ3n) is 4.52. The minimum absolute atomic E-state index is 0.297. The highest BCUT2D eigenvalue weighted by atomic mass is 79.9. The zero-order valence-corrected chi connectivity index (χ0v) is 19.9. The Bertz CT molecular complexity index is 968. The van der Waals surface area contributed by atoms with Crippen LogP contribution in [0, 0.1) is 0 Å². The molecule has 1 heterocycles. The van der Waals surface area contributed by atoms with Crippen LogP contribution in [0.1, 0.15) is 52.6 Å². The number of benzene rings is 2. The second-order valence-corrected chi connectivity index (χ2v) is 10.0. The summed E-state index contributed by atoms with van der Waals surface area (Å²) in [5, 5.41) is 8.61. The number of hydrogen-bond donors (Lipinski definition) is 3. The first kappa shape index (κ1) is 22.9. The zero-order chi connectivity index (χ0) is 22.8. The number of carbonyl (C=O) groups excluding carboxylic acids is 2. The third-order valence-corrected chi connectivity index (χ3v) is 5.05. The highest BCUT2D eigenvalue weighted by Crippen LogP contribution is 2.40. The fraction of sp³-hybridized carbons (Fsp3) is 0.391. The molecule has 0 bridgehead atoms. The van der Waals surface area contributed by atoms with Gasteiger partial charge in [0, 0.05) is 27.8 Å². The fourth-order valence-electron chi connectivity index (χ4n) is 3.34. The van der Waals surface area contributed by atoms with Crippen molar-refractivity contribution in [3.63, 3.8) is 0 Å². The molecule has 3 rings (SSSR count). The van der Waals surface area contributed by atoms with Gasteiger partial charge in [-0.1, -0.05) is 15.9 Å². The molecule has 3 amide bonds. The van der Waals surface area contributed by atoms with Gasteiger partial charge in [0.2, 0.25) is 0 Å². The van der Waals surface area contributed by atoms with Crippen molar-refractivity contribution >= 4 is 39.4 Å². The number of rotatable bonds is 3. The maximum atomic E-state index is 12.6. The molecule has 1 aliphatic heterocycles. The number of nitrogens with one attached hydrogen (secondary N) is 3. The lowest BCUT2D eigenvalue weighted by atomic mass is 9.89. The quantitative estimate of drug-likeness (QED) is 0.477. The summed E-state index contributed by atoms with van der Waals surface area (Å²) in [7, 11) is 0. The van der Waals surface area contributed by atoms with E-state index in [1.54, 1.807) is 39.0 Å². The van der Waals surface area contributed by atoms with Gasteiger partial charge in [-0.2, -0.15) is 0 Å². The monoisotopic (exact) mass is 489 g/mol. The van der Waals surface area contributed by atoms with Crippen LogP contribution >= 0.6 is 15.9 Å². The van der Waals surface area contributed by atoms with E-state index < -0.39 is 17.3 Å². The van der Waals surface area contributed by atoms with Crippen LogP contribution < -0.4 is 20.7 Å². The summed E-state index contributed by atoms with van der Waals surface area (Å²) in [5.41, 5.74) is 0.992. The molecule has 0 aliphatic carbocycles. The first-order chi connectivity index (χ1) is 14.4. The van der Waals surface area contributed by atoms with Crippen LogP contribution in [-0.2, 0) is 4.74 Å². The Morgan fingerprint density at radius 2 is 1.71 bits per heavy atom. The first-order valence-electron chi connectivity index (χ1n) is 10.1. The van der Waals surface area contributed by atoms with E-state index in [9.17, 15) is 9.59 Å². The Morgan fingerprint density at radius 3 is 2.35 bits per heavy atom. The lowest BCUT2D eigenvalue weighted by Crippen LogP contribution is -2.42. The Labute approximate surface area is 191 Å². The van der Waals surface area contributed by atoms with Gasteiger partial charge in [0.05, 0.1) is 6.04 Å². The molecule has 0 saturated carbocycles. The molecule has 1 aliphatic rings. The van der Waals surface area contributed by atoms with Crippen molar-refractivity contribution in [1.29, 1.82) is 0 Å². The first-order valence-corrected chi connectivity index (χ1v) is 10.9. The molecular weight excluding hydrogens is 462 g/mol. The van der Waals surface area contributed by atoms with Gasteiger partial charge in [-0.25, -0.2) is 9.59 Å². The molecule has 0 aromatic heterocycles. The molecule has 0 saturated heterocycles. The predicted octanol–water partition coefficient (Wildman–Crippen LogP) is 6.22. The van der Waals surface area contributed by atoms with Crippen molar-refractivity contribution in [2.75, 3.05) is 10.6 Å². The summed E-state index contributed by atoms with van der Waals surface area (Å²) in [6, 6.07) is 12.1. The topological polar surface area (TPSA) is 88.7 Å². The van der Waals surface area contributed by atoms with E-state index in [2.05, 4.69) is 31.9 Å². The van der Waals surface area contributed by atoms with Gasteiger partial charge in [-0.3, -0.25) is 5.32 Å². The number of anilines is 2. The second kappa shape index (κ2) is 8.78.